The number of carbonyl (C=O) groups is 1. The molecule has 4 rings (SSSR count). The molecule has 0 bridgehead atoms. The van der Waals surface area contributed by atoms with Gasteiger partial charge in [-0.05, 0) is 124 Å². The third kappa shape index (κ3) is 9.21. The van der Waals surface area contributed by atoms with Crippen molar-refractivity contribution >= 4 is 22.2 Å². The fraction of sp³-hybridized carbons (Fsp3) is 0.441. The lowest BCUT2D eigenvalue weighted by atomic mass is 9.94. The lowest BCUT2D eigenvalue weighted by Crippen LogP contribution is -2.24. The van der Waals surface area contributed by atoms with E-state index in [0.29, 0.717) is 48.2 Å². The maximum atomic E-state index is 14.7. The van der Waals surface area contributed by atoms with E-state index in [2.05, 4.69) is 43.4 Å². The molecule has 1 aliphatic heterocycles. The quantitative estimate of drug-likeness (QED) is 0.203. The molecule has 1 saturated heterocycles. The Bertz CT molecular complexity index is 1370. The van der Waals surface area contributed by atoms with Gasteiger partial charge in [-0.25, -0.2) is 4.39 Å². The third-order valence-electron chi connectivity index (χ3n) is 7.48. The number of carbonyl (C=O) groups excluding carboxylic acids is 1. The maximum absolute atomic E-state index is 14.7. The minimum absolute atomic E-state index is 0.136. The van der Waals surface area contributed by atoms with Crippen LogP contribution in [0.4, 0.5) is 10.1 Å². The Morgan fingerprint density at radius 1 is 1.02 bits per heavy atom. The van der Waals surface area contributed by atoms with E-state index >= 15 is 0 Å². The molecule has 0 unspecified atom stereocenters. The molecule has 42 heavy (non-hydrogen) atoms. The van der Waals surface area contributed by atoms with Gasteiger partial charge in [0.2, 0.25) is 0 Å². The van der Waals surface area contributed by atoms with Gasteiger partial charge >= 0.3 is 5.97 Å². The van der Waals surface area contributed by atoms with Gasteiger partial charge in [0.25, 0.3) is 0 Å². The lowest BCUT2D eigenvalue weighted by molar-refractivity contribution is -0.154. The second-order valence-corrected chi connectivity index (χ2v) is 14.8. The van der Waals surface area contributed by atoms with Gasteiger partial charge in [-0.15, -0.1) is 0 Å². The number of aryl methyl sites for hydroxylation is 3. The van der Waals surface area contributed by atoms with Crippen LogP contribution in [0.2, 0.25) is 0 Å². The molecule has 3 aromatic rings. The van der Waals surface area contributed by atoms with Crippen molar-refractivity contribution in [3.05, 3.63) is 82.7 Å². The summed E-state index contributed by atoms with van der Waals surface area (Å²) in [6, 6.07) is 17.5. The first-order valence-electron chi connectivity index (χ1n) is 14.6. The minimum atomic E-state index is -2.38. The molecule has 0 amide bonds. The summed E-state index contributed by atoms with van der Waals surface area (Å²) >= 11 is 0. The molecule has 0 aliphatic carbocycles. The number of benzene rings is 3. The number of nitrogens with one attached hydrogen (secondary N) is 1. The molecule has 0 saturated carbocycles. The normalized spacial score (nSPS) is 16.1. The summed E-state index contributed by atoms with van der Waals surface area (Å²) in [5, 5.41) is 3.31. The Balaban J connectivity index is 1.35. The van der Waals surface area contributed by atoms with Gasteiger partial charge in [0.05, 0.1) is 6.61 Å². The fourth-order valence-electron chi connectivity index (χ4n) is 5.33. The Kier molecular flexibility index (Phi) is 10.2. The smallest absolute Gasteiger partial charge is 0.306 e. The summed E-state index contributed by atoms with van der Waals surface area (Å²) in [4.78, 5) is 12.0. The second kappa shape index (κ2) is 13.5. The Morgan fingerprint density at radius 2 is 1.71 bits per heavy atom. The average molecular weight is 598 g/mol. The molecular weight excluding hydrogens is 553 g/mol. The van der Waals surface area contributed by atoms with E-state index in [9.17, 15) is 18.3 Å². The second-order valence-electron chi connectivity index (χ2n) is 12.3. The van der Waals surface area contributed by atoms with Gasteiger partial charge < -0.3 is 14.8 Å². The van der Waals surface area contributed by atoms with Crippen molar-refractivity contribution in [1.29, 1.82) is 0 Å². The zero-order valence-electron chi connectivity index (χ0n) is 25.3. The van der Waals surface area contributed by atoms with Crippen molar-refractivity contribution in [3.63, 3.8) is 0 Å². The topological polar surface area (TPSA) is 88.0 Å². The molecule has 0 aromatic heterocycles. The Hall–Kier alpha value is -3.07. The summed E-state index contributed by atoms with van der Waals surface area (Å²) in [5.74, 6) is 1.44. The first-order valence-corrected chi connectivity index (χ1v) is 16.5. The predicted octanol–water partition coefficient (Wildman–Crippen LogP) is 8.54. The minimum Gasteiger partial charge on any atom is -0.493 e. The van der Waals surface area contributed by atoms with Crippen LogP contribution in [0, 0.1) is 25.6 Å². The first-order chi connectivity index (χ1) is 19.8. The number of hydrogen-bond acceptors (Lipinski definition) is 6. The molecule has 3 N–H and O–H groups in total. The first kappa shape index (κ1) is 31.9. The maximum Gasteiger partial charge on any atom is 0.306 e. The molecule has 3 aromatic carbocycles. The standard InChI is InChI=1S/C34H44FNO5S/c1-23-17-30(40-22-25-13-15-42(38,39)16-14-25)18-24(2)33(23)28-8-6-7-26(19-28)21-36-29-11-9-27(31(35)20-29)10-12-32(37)41-34(3,4)5/h6-9,11,17-20,25,36,38-39H,10,12-16,21-22H2,1-5H3. The zero-order chi connectivity index (χ0) is 30.5. The Labute approximate surface area is 251 Å². The summed E-state index contributed by atoms with van der Waals surface area (Å²) < 4.78 is 45.9. The molecule has 228 valence electrons. The SMILES string of the molecule is Cc1cc(OCC2CCS(O)(O)CC2)cc(C)c1-c1cccc(CNc2ccc(CCC(=O)OC(C)(C)C)c(F)c2)c1. The van der Waals surface area contributed by atoms with Crippen LogP contribution in [0.15, 0.2) is 54.6 Å². The summed E-state index contributed by atoms with van der Waals surface area (Å²) in [7, 11) is -2.38. The van der Waals surface area contributed by atoms with Crippen LogP contribution in [-0.2, 0) is 22.5 Å². The van der Waals surface area contributed by atoms with Crippen molar-refractivity contribution < 1.29 is 27.8 Å². The highest BCUT2D eigenvalue weighted by Gasteiger charge is 2.24. The van der Waals surface area contributed by atoms with Crippen molar-refractivity contribution in [2.45, 2.75) is 72.4 Å². The van der Waals surface area contributed by atoms with E-state index in [4.69, 9.17) is 9.47 Å². The van der Waals surface area contributed by atoms with Crippen LogP contribution in [0.5, 0.6) is 5.75 Å². The van der Waals surface area contributed by atoms with Gasteiger partial charge in [0, 0.05) is 30.2 Å². The largest absolute Gasteiger partial charge is 0.493 e. The summed E-state index contributed by atoms with van der Waals surface area (Å²) in [6.07, 6.45) is 1.99. The molecule has 6 nitrogen and oxygen atoms in total. The van der Waals surface area contributed by atoms with Crippen molar-refractivity contribution in [2.75, 3.05) is 23.4 Å². The van der Waals surface area contributed by atoms with Gasteiger partial charge in [-0.3, -0.25) is 13.9 Å². The van der Waals surface area contributed by atoms with Gasteiger partial charge in [-0.1, -0.05) is 24.3 Å². The van der Waals surface area contributed by atoms with Gasteiger partial charge in [0.15, 0.2) is 0 Å². The molecule has 8 heteroatoms. The lowest BCUT2D eigenvalue weighted by Gasteiger charge is -2.39. The van der Waals surface area contributed by atoms with E-state index in [1.54, 1.807) is 6.07 Å². The van der Waals surface area contributed by atoms with Crippen molar-refractivity contribution in [2.24, 2.45) is 5.92 Å². The van der Waals surface area contributed by atoms with E-state index in [-0.39, 0.29) is 18.2 Å². The van der Waals surface area contributed by atoms with E-state index in [0.717, 1.165) is 46.4 Å². The molecule has 0 radical (unpaired) electrons. The van der Waals surface area contributed by atoms with Crippen LogP contribution in [0.1, 0.15) is 62.3 Å². The van der Waals surface area contributed by atoms with Crippen LogP contribution in [-0.4, -0.2) is 38.8 Å². The molecule has 1 fully saturated rings. The zero-order valence-corrected chi connectivity index (χ0v) is 26.2. The van der Waals surface area contributed by atoms with Gasteiger partial charge in [-0.2, -0.15) is 10.6 Å². The predicted molar refractivity (Wildman–Crippen MR) is 170 cm³/mol. The third-order valence-corrected chi connectivity index (χ3v) is 9.26. The monoisotopic (exact) mass is 597 g/mol. The van der Waals surface area contributed by atoms with E-state index in [1.165, 1.54) is 6.07 Å². The van der Waals surface area contributed by atoms with Gasteiger partial charge in [0.1, 0.15) is 17.2 Å². The van der Waals surface area contributed by atoms with Crippen LogP contribution < -0.4 is 10.1 Å². The molecule has 1 heterocycles. The average Bonchev–Trinajstić information content (AvgIpc) is 2.90. The fourth-order valence-corrected chi connectivity index (χ4v) is 6.96. The van der Waals surface area contributed by atoms with Crippen molar-refractivity contribution in [1.82, 2.24) is 0 Å². The number of halogens is 1. The van der Waals surface area contributed by atoms with Crippen LogP contribution >= 0.6 is 10.6 Å². The highest BCUT2D eigenvalue weighted by molar-refractivity contribution is 8.24. The summed E-state index contributed by atoms with van der Waals surface area (Å²) in [5.41, 5.74) is 6.20. The molecular formula is C34H44FNO5S. The van der Waals surface area contributed by atoms with E-state index < -0.39 is 16.2 Å². The number of ether oxygens (including phenoxy) is 2. The van der Waals surface area contributed by atoms with Crippen LogP contribution in [0.3, 0.4) is 0 Å². The molecule has 0 spiro atoms. The highest BCUT2D eigenvalue weighted by Crippen LogP contribution is 2.45. The summed E-state index contributed by atoms with van der Waals surface area (Å²) in [6.45, 7) is 10.7. The molecule has 0 atom stereocenters. The number of rotatable bonds is 10. The molecule has 1 aliphatic rings. The number of hydrogen-bond donors (Lipinski definition) is 3. The van der Waals surface area contributed by atoms with Crippen LogP contribution in [0.25, 0.3) is 11.1 Å². The Morgan fingerprint density at radius 3 is 2.36 bits per heavy atom. The van der Waals surface area contributed by atoms with E-state index in [1.807, 2.05) is 39.0 Å². The highest BCUT2D eigenvalue weighted by atomic mass is 32.3. The van der Waals surface area contributed by atoms with Crippen molar-refractivity contribution in [3.8, 4) is 16.9 Å². The number of anilines is 1. The number of esters is 1.